The molecule has 0 heterocycles. The van der Waals surface area contributed by atoms with Crippen molar-refractivity contribution in [2.75, 3.05) is 6.54 Å². The number of hydrazone groups is 1. The summed E-state index contributed by atoms with van der Waals surface area (Å²) in [5.41, 5.74) is 3.03. The number of phenolic OH excluding ortho intramolecular Hbond substituents is 2. The topological polar surface area (TPSA) is 76.9 Å². The van der Waals surface area contributed by atoms with E-state index in [1.165, 1.54) is 12.3 Å². The molecule has 0 unspecified atom stereocenters. The average Bonchev–Trinajstić information content (AvgIpc) is 2.33. The van der Waals surface area contributed by atoms with Crippen LogP contribution >= 0.6 is 44.1 Å². The predicted molar refractivity (Wildman–Crippen MR) is 82.2 cm³/mol. The standard InChI is InChI=1S/C10H11Br2N3O2S/c1-2-13-10(18)15-14-4-5-3-6(11)9(17)7(12)8(5)16/h3-4,16-17H,2H2,1H3,(H2,13,15,18)/b14-4+. The highest BCUT2D eigenvalue weighted by atomic mass is 79.9. The van der Waals surface area contributed by atoms with Gasteiger partial charge in [0.25, 0.3) is 0 Å². The third-order valence-electron chi connectivity index (χ3n) is 1.90. The molecule has 0 saturated heterocycles. The second-order valence-corrected chi connectivity index (χ2v) is 5.24. The number of aromatic hydroxyl groups is 2. The lowest BCUT2D eigenvalue weighted by Gasteiger charge is -2.07. The second-order valence-electron chi connectivity index (χ2n) is 3.19. The third-order valence-corrected chi connectivity index (χ3v) is 3.50. The van der Waals surface area contributed by atoms with E-state index in [-0.39, 0.29) is 16.0 Å². The van der Waals surface area contributed by atoms with Gasteiger partial charge in [-0.15, -0.1) is 0 Å². The van der Waals surface area contributed by atoms with Crippen LogP contribution in [0.2, 0.25) is 0 Å². The van der Waals surface area contributed by atoms with Crippen LogP contribution in [0.1, 0.15) is 12.5 Å². The molecule has 1 rings (SSSR count). The van der Waals surface area contributed by atoms with Crippen LogP contribution in [-0.4, -0.2) is 28.1 Å². The van der Waals surface area contributed by atoms with Gasteiger partial charge in [0.1, 0.15) is 16.0 Å². The maximum Gasteiger partial charge on any atom is 0.186 e. The van der Waals surface area contributed by atoms with Gasteiger partial charge in [-0.3, -0.25) is 5.43 Å². The highest BCUT2D eigenvalue weighted by Crippen LogP contribution is 2.40. The van der Waals surface area contributed by atoms with Gasteiger partial charge in [0, 0.05) is 12.1 Å². The van der Waals surface area contributed by atoms with E-state index in [4.69, 9.17) is 12.2 Å². The average molecular weight is 397 g/mol. The fourth-order valence-corrected chi connectivity index (χ4v) is 2.43. The molecule has 0 aliphatic carbocycles. The Hall–Kier alpha value is -0.860. The predicted octanol–water partition coefficient (Wildman–Crippen LogP) is 2.44. The van der Waals surface area contributed by atoms with Gasteiger partial charge < -0.3 is 15.5 Å². The quantitative estimate of drug-likeness (QED) is 0.358. The van der Waals surface area contributed by atoms with Crippen molar-refractivity contribution in [2.24, 2.45) is 5.10 Å². The zero-order valence-corrected chi connectivity index (χ0v) is 13.4. The molecule has 0 aliphatic heterocycles. The van der Waals surface area contributed by atoms with Crippen molar-refractivity contribution in [3.05, 3.63) is 20.6 Å². The lowest BCUT2D eigenvalue weighted by Crippen LogP contribution is -2.31. The van der Waals surface area contributed by atoms with Gasteiger partial charge in [0.05, 0.1) is 10.7 Å². The van der Waals surface area contributed by atoms with Crippen LogP contribution in [-0.2, 0) is 0 Å². The minimum atomic E-state index is -0.101. The lowest BCUT2D eigenvalue weighted by molar-refractivity contribution is 0.442. The summed E-state index contributed by atoms with van der Waals surface area (Å²) in [7, 11) is 0. The zero-order chi connectivity index (χ0) is 13.7. The molecule has 0 radical (unpaired) electrons. The van der Waals surface area contributed by atoms with E-state index in [2.05, 4.69) is 47.7 Å². The summed E-state index contributed by atoms with van der Waals surface area (Å²) in [6, 6.07) is 1.54. The third kappa shape index (κ3) is 3.82. The number of phenols is 2. The van der Waals surface area contributed by atoms with Crippen LogP contribution in [0.3, 0.4) is 0 Å². The second kappa shape index (κ2) is 6.91. The van der Waals surface area contributed by atoms with Gasteiger partial charge in [-0.1, -0.05) is 0 Å². The number of nitrogens with zero attached hydrogens (tertiary/aromatic N) is 1. The Morgan fingerprint density at radius 1 is 1.44 bits per heavy atom. The first-order valence-electron chi connectivity index (χ1n) is 4.94. The van der Waals surface area contributed by atoms with Crippen molar-refractivity contribution in [3.63, 3.8) is 0 Å². The summed E-state index contributed by atoms with van der Waals surface area (Å²) in [5.74, 6) is -0.170. The maximum absolute atomic E-state index is 9.78. The number of benzene rings is 1. The van der Waals surface area contributed by atoms with Gasteiger partial charge in [-0.2, -0.15) is 5.10 Å². The largest absolute Gasteiger partial charge is 0.506 e. The number of rotatable bonds is 3. The Bertz CT molecular complexity index is 495. The van der Waals surface area contributed by atoms with E-state index >= 15 is 0 Å². The van der Waals surface area contributed by atoms with Gasteiger partial charge in [-0.25, -0.2) is 0 Å². The molecule has 0 saturated carbocycles. The van der Waals surface area contributed by atoms with Crippen LogP contribution < -0.4 is 10.7 Å². The van der Waals surface area contributed by atoms with Gasteiger partial charge in [0.2, 0.25) is 0 Å². The molecule has 0 aliphatic rings. The highest BCUT2D eigenvalue weighted by molar-refractivity contribution is 9.11. The molecule has 1 aromatic carbocycles. The van der Waals surface area contributed by atoms with Crippen LogP contribution in [0, 0.1) is 0 Å². The fraction of sp³-hybridized carbons (Fsp3) is 0.200. The Kier molecular flexibility index (Phi) is 5.83. The molecule has 0 spiro atoms. The SMILES string of the molecule is CCNC(=S)N/N=C/c1cc(Br)c(O)c(Br)c1O. The molecule has 5 nitrogen and oxygen atoms in total. The molecular formula is C10H11Br2N3O2S. The molecule has 18 heavy (non-hydrogen) atoms. The van der Waals surface area contributed by atoms with Crippen molar-refractivity contribution in [2.45, 2.75) is 6.92 Å². The first kappa shape index (κ1) is 15.2. The summed E-state index contributed by atoms with van der Waals surface area (Å²) >= 11 is 11.2. The summed E-state index contributed by atoms with van der Waals surface area (Å²) in [6.45, 7) is 2.61. The molecule has 0 atom stereocenters. The smallest absolute Gasteiger partial charge is 0.186 e. The van der Waals surface area contributed by atoms with E-state index < -0.39 is 0 Å². The van der Waals surface area contributed by atoms with Gasteiger partial charge >= 0.3 is 0 Å². The van der Waals surface area contributed by atoms with Crippen LogP contribution in [0.4, 0.5) is 0 Å². The monoisotopic (exact) mass is 395 g/mol. The lowest BCUT2D eigenvalue weighted by atomic mass is 10.2. The van der Waals surface area contributed by atoms with Crippen LogP contribution in [0.5, 0.6) is 11.5 Å². The molecule has 0 fully saturated rings. The van der Waals surface area contributed by atoms with Crippen LogP contribution in [0.15, 0.2) is 20.1 Å². The molecule has 0 aromatic heterocycles. The number of nitrogens with one attached hydrogen (secondary N) is 2. The van der Waals surface area contributed by atoms with Crippen molar-refractivity contribution >= 4 is 55.4 Å². The first-order chi connectivity index (χ1) is 8.47. The fourth-order valence-electron chi connectivity index (χ4n) is 1.08. The number of hydrogen-bond acceptors (Lipinski definition) is 4. The van der Waals surface area contributed by atoms with E-state index in [9.17, 15) is 10.2 Å². The number of halogens is 2. The molecule has 8 heteroatoms. The Morgan fingerprint density at radius 3 is 2.72 bits per heavy atom. The molecular weight excluding hydrogens is 386 g/mol. The number of hydrogen-bond donors (Lipinski definition) is 4. The summed E-state index contributed by atoms with van der Waals surface area (Å²) in [5, 5.41) is 26.5. The molecule has 4 N–H and O–H groups in total. The Morgan fingerprint density at radius 2 is 2.11 bits per heavy atom. The van der Waals surface area contributed by atoms with Gasteiger partial charge in [0.15, 0.2) is 5.11 Å². The normalized spacial score (nSPS) is 10.6. The zero-order valence-electron chi connectivity index (χ0n) is 9.37. The Labute approximate surface area is 127 Å². The number of thiocarbonyl (C=S) groups is 1. The molecule has 1 aromatic rings. The summed E-state index contributed by atoms with van der Waals surface area (Å²) in [6.07, 6.45) is 1.40. The first-order valence-corrected chi connectivity index (χ1v) is 6.93. The van der Waals surface area contributed by atoms with E-state index in [0.29, 0.717) is 21.7 Å². The minimum absolute atomic E-state index is 0.0687. The summed E-state index contributed by atoms with van der Waals surface area (Å²) < 4.78 is 0.649. The van der Waals surface area contributed by atoms with Crippen molar-refractivity contribution in [3.8, 4) is 11.5 Å². The van der Waals surface area contributed by atoms with Gasteiger partial charge in [-0.05, 0) is 57.1 Å². The van der Waals surface area contributed by atoms with E-state index in [0.717, 1.165) is 0 Å². The Balaban J connectivity index is 2.85. The van der Waals surface area contributed by atoms with Crippen molar-refractivity contribution in [1.29, 1.82) is 0 Å². The summed E-state index contributed by atoms with van der Waals surface area (Å²) in [4.78, 5) is 0. The van der Waals surface area contributed by atoms with E-state index in [1.807, 2.05) is 6.92 Å². The van der Waals surface area contributed by atoms with Crippen molar-refractivity contribution < 1.29 is 10.2 Å². The van der Waals surface area contributed by atoms with Crippen LogP contribution in [0.25, 0.3) is 0 Å². The minimum Gasteiger partial charge on any atom is -0.506 e. The molecule has 0 amide bonds. The van der Waals surface area contributed by atoms with E-state index in [1.54, 1.807) is 0 Å². The maximum atomic E-state index is 9.78. The van der Waals surface area contributed by atoms with Crippen molar-refractivity contribution in [1.82, 2.24) is 10.7 Å². The highest BCUT2D eigenvalue weighted by Gasteiger charge is 2.12. The molecule has 98 valence electrons. The molecule has 0 bridgehead atoms.